The molecule has 2 aromatic rings. The van der Waals surface area contributed by atoms with Crippen LogP contribution in [0, 0.1) is 11.2 Å². The van der Waals surface area contributed by atoms with E-state index in [1.807, 2.05) is 36.4 Å². The van der Waals surface area contributed by atoms with E-state index in [4.69, 9.17) is 4.74 Å². The molecular weight excluding hydrogens is 457 g/mol. The average molecular weight is 490 g/mol. The zero-order valence-corrected chi connectivity index (χ0v) is 20.2. The molecule has 5 rings (SSSR count). The minimum Gasteiger partial charge on any atom is -0.380 e. The molecule has 0 saturated carbocycles. The number of hydrogen-bond donors (Lipinski definition) is 2. The van der Waals surface area contributed by atoms with Crippen molar-refractivity contribution in [3.05, 3.63) is 65.5 Å². The Kier molecular flexibility index (Phi) is 6.32. The Morgan fingerprint density at radius 3 is 2.41 bits per heavy atom. The van der Waals surface area contributed by atoms with E-state index in [0.29, 0.717) is 57.9 Å². The quantitative estimate of drug-likeness (QED) is 0.673. The van der Waals surface area contributed by atoms with Gasteiger partial charge in [0, 0.05) is 62.9 Å². The van der Waals surface area contributed by atoms with Crippen molar-refractivity contribution in [1.82, 2.24) is 9.21 Å². The molecule has 1 atom stereocenters. The number of piperazine rings is 1. The smallest absolute Gasteiger partial charge is 0.219 e. The molecule has 34 heavy (non-hydrogen) atoms. The standard InChI is InChI=1S/C25H32FN3O4S/c1-19(30)27-9-11-28(12-10-27)22-8-7-21(23(26)13-22)15-29-16-25(17-33-18-25)14-24(34(29,31)32)20-5-3-2-4-6-20/h2-8,13,24,31-32H,9-12,14-18H2,1H3. The van der Waals surface area contributed by atoms with Gasteiger partial charge in [-0.3, -0.25) is 13.9 Å². The fourth-order valence-electron chi connectivity index (χ4n) is 5.27. The van der Waals surface area contributed by atoms with Crippen molar-refractivity contribution in [2.24, 2.45) is 5.41 Å². The van der Waals surface area contributed by atoms with Gasteiger partial charge in [-0.1, -0.05) is 36.4 Å². The van der Waals surface area contributed by atoms with Crippen molar-refractivity contribution >= 4 is 22.4 Å². The van der Waals surface area contributed by atoms with E-state index in [1.54, 1.807) is 22.2 Å². The maximum atomic E-state index is 15.2. The summed E-state index contributed by atoms with van der Waals surface area (Å²) in [5.74, 6) is -0.299. The van der Waals surface area contributed by atoms with E-state index < -0.39 is 16.0 Å². The van der Waals surface area contributed by atoms with Gasteiger partial charge in [-0.2, -0.15) is 0 Å². The van der Waals surface area contributed by atoms with Crippen molar-refractivity contribution in [2.45, 2.75) is 25.1 Å². The van der Waals surface area contributed by atoms with Gasteiger partial charge in [0.2, 0.25) is 5.91 Å². The summed E-state index contributed by atoms with van der Waals surface area (Å²) in [5.41, 5.74) is 1.96. The number of rotatable bonds is 4. The molecule has 3 heterocycles. The van der Waals surface area contributed by atoms with E-state index in [0.717, 1.165) is 11.3 Å². The van der Waals surface area contributed by atoms with Crippen LogP contribution in [0.3, 0.4) is 0 Å². The number of amides is 1. The van der Waals surface area contributed by atoms with E-state index in [1.165, 1.54) is 6.07 Å². The molecule has 3 fully saturated rings. The molecule has 0 bridgehead atoms. The van der Waals surface area contributed by atoms with Crippen LogP contribution in [0.5, 0.6) is 0 Å². The third kappa shape index (κ3) is 4.43. The van der Waals surface area contributed by atoms with E-state index in [-0.39, 0.29) is 23.7 Å². The molecule has 184 valence electrons. The number of nitrogens with zero attached hydrogens (tertiary/aromatic N) is 3. The second kappa shape index (κ2) is 9.13. The molecule has 0 aromatic heterocycles. The third-order valence-electron chi connectivity index (χ3n) is 7.35. The molecule has 1 spiro atoms. The highest BCUT2D eigenvalue weighted by atomic mass is 32.3. The third-order valence-corrected chi connectivity index (χ3v) is 9.57. The Hall–Kier alpha value is -2.17. The number of benzene rings is 2. The lowest BCUT2D eigenvalue weighted by molar-refractivity contribution is -0.130. The summed E-state index contributed by atoms with van der Waals surface area (Å²) in [5, 5.41) is -0.439. The van der Waals surface area contributed by atoms with Gasteiger partial charge in [0.15, 0.2) is 0 Å². The lowest BCUT2D eigenvalue weighted by atomic mass is 9.79. The van der Waals surface area contributed by atoms with Gasteiger partial charge in [-0.05, 0) is 24.1 Å². The maximum absolute atomic E-state index is 15.2. The summed E-state index contributed by atoms with van der Waals surface area (Å²) >= 11 is 0. The van der Waals surface area contributed by atoms with Gasteiger partial charge in [-0.25, -0.2) is 8.70 Å². The van der Waals surface area contributed by atoms with Gasteiger partial charge in [0.1, 0.15) is 5.82 Å². The number of carbonyl (C=O) groups is 1. The van der Waals surface area contributed by atoms with E-state index in [2.05, 4.69) is 4.90 Å². The molecule has 9 heteroatoms. The first-order chi connectivity index (χ1) is 16.3. The van der Waals surface area contributed by atoms with Crippen LogP contribution in [-0.4, -0.2) is 70.2 Å². The first kappa shape index (κ1) is 23.6. The minimum absolute atomic E-state index is 0.0603. The topological polar surface area (TPSA) is 76.5 Å². The normalized spacial score (nSPS) is 25.1. The summed E-state index contributed by atoms with van der Waals surface area (Å²) in [6.07, 6.45) is 0.642. The zero-order chi connectivity index (χ0) is 23.9. The monoisotopic (exact) mass is 489 g/mol. The molecule has 3 saturated heterocycles. The SMILES string of the molecule is CC(=O)N1CCN(c2ccc(CN3CC4(COC4)CC(c4ccccc4)S3(O)O)c(F)c2)CC1. The highest BCUT2D eigenvalue weighted by Crippen LogP contribution is 2.65. The second-order valence-electron chi connectivity index (χ2n) is 9.72. The van der Waals surface area contributed by atoms with Gasteiger partial charge in [0.05, 0.1) is 18.5 Å². The highest BCUT2D eigenvalue weighted by molar-refractivity contribution is 8.22. The van der Waals surface area contributed by atoms with Crippen LogP contribution < -0.4 is 4.90 Å². The lowest BCUT2D eigenvalue weighted by Gasteiger charge is -2.60. The van der Waals surface area contributed by atoms with Gasteiger partial charge >= 0.3 is 0 Å². The minimum atomic E-state index is -3.16. The molecule has 1 unspecified atom stereocenters. The predicted octanol–water partition coefficient (Wildman–Crippen LogP) is 4.12. The maximum Gasteiger partial charge on any atom is 0.219 e. The predicted molar refractivity (Wildman–Crippen MR) is 131 cm³/mol. The van der Waals surface area contributed by atoms with Gasteiger partial charge < -0.3 is 14.5 Å². The van der Waals surface area contributed by atoms with Crippen molar-refractivity contribution < 1.29 is 23.0 Å². The van der Waals surface area contributed by atoms with Crippen LogP contribution in [0.4, 0.5) is 10.1 Å². The Labute approximate surface area is 201 Å². The molecule has 2 aromatic carbocycles. The first-order valence-electron chi connectivity index (χ1n) is 11.7. The second-order valence-corrected chi connectivity index (χ2v) is 11.9. The summed E-state index contributed by atoms with van der Waals surface area (Å²) in [6.45, 7) is 5.88. The molecule has 1 amide bonds. The zero-order valence-electron chi connectivity index (χ0n) is 19.4. The number of ether oxygens (including phenoxy) is 1. The number of hydrogen-bond acceptors (Lipinski definition) is 6. The summed E-state index contributed by atoms with van der Waals surface area (Å²) in [4.78, 5) is 15.4. The average Bonchev–Trinajstić information content (AvgIpc) is 2.81. The molecule has 2 N–H and O–H groups in total. The molecule has 7 nitrogen and oxygen atoms in total. The summed E-state index contributed by atoms with van der Waals surface area (Å²) in [6, 6.07) is 14.7. The van der Waals surface area contributed by atoms with Crippen molar-refractivity contribution in [2.75, 3.05) is 50.8 Å². The first-order valence-corrected chi connectivity index (χ1v) is 13.3. The van der Waals surface area contributed by atoms with Crippen LogP contribution in [0.2, 0.25) is 0 Å². The molecule has 0 radical (unpaired) electrons. The summed E-state index contributed by atoms with van der Waals surface area (Å²) in [7, 11) is -3.16. The van der Waals surface area contributed by atoms with Crippen LogP contribution >= 0.6 is 10.8 Å². The largest absolute Gasteiger partial charge is 0.380 e. The molecule has 3 aliphatic heterocycles. The number of carbonyl (C=O) groups excluding carboxylic acids is 1. The molecular formula is C25H32FN3O4S. The number of anilines is 1. The van der Waals surface area contributed by atoms with E-state index in [9.17, 15) is 13.9 Å². The van der Waals surface area contributed by atoms with Gasteiger partial charge in [-0.15, -0.1) is 10.8 Å². The number of halogens is 1. The Morgan fingerprint density at radius 2 is 1.82 bits per heavy atom. The Morgan fingerprint density at radius 1 is 1.12 bits per heavy atom. The van der Waals surface area contributed by atoms with Gasteiger partial charge in [0.25, 0.3) is 0 Å². The van der Waals surface area contributed by atoms with E-state index >= 15 is 4.39 Å². The molecule has 3 aliphatic rings. The van der Waals surface area contributed by atoms with Crippen molar-refractivity contribution in [3.8, 4) is 0 Å². The Bertz CT molecular complexity index is 1040. The lowest BCUT2D eigenvalue weighted by Crippen LogP contribution is -2.56. The van der Waals surface area contributed by atoms with Crippen molar-refractivity contribution in [3.63, 3.8) is 0 Å². The van der Waals surface area contributed by atoms with Crippen LogP contribution in [0.25, 0.3) is 0 Å². The fraction of sp³-hybridized carbons (Fsp3) is 0.480. The van der Waals surface area contributed by atoms with Crippen LogP contribution in [-0.2, 0) is 16.1 Å². The van der Waals surface area contributed by atoms with Crippen LogP contribution in [0.15, 0.2) is 48.5 Å². The van der Waals surface area contributed by atoms with Crippen LogP contribution in [0.1, 0.15) is 29.7 Å². The van der Waals surface area contributed by atoms with Crippen molar-refractivity contribution in [1.29, 1.82) is 0 Å². The fourth-order valence-corrected chi connectivity index (χ4v) is 7.52. The molecule has 0 aliphatic carbocycles. The Balaban J connectivity index is 1.35. The highest BCUT2D eigenvalue weighted by Gasteiger charge is 2.52. The summed E-state index contributed by atoms with van der Waals surface area (Å²) < 4.78 is 45.1.